The van der Waals surface area contributed by atoms with E-state index < -0.39 is 0 Å². The predicted molar refractivity (Wildman–Crippen MR) is 106 cm³/mol. The summed E-state index contributed by atoms with van der Waals surface area (Å²) in [6.07, 6.45) is 20.0. The first-order chi connectivity index (χ1) is 11.9. The van der Waals surface area contributed by atoms with Gasteiger partial charge in [0.05, 0.1) is 12.4 Å². The summed E-state index contributed by atoms with van der Waals surface area (Å²) >= 11 is 0. The Morgan fingerprint density at radius 1 is 0.833 bits per heavy atom. The molecule has 1 unspecified atom stereocenters. The number of hydrogen-bond acceptors (Lipinski definition) is 3. The Balaban J connectivity index is 1.98. The van der Waals surface area contributed by atoms with Gasteiger partial charge in [0, 0.05) is 19.1 Å². The van der Waals surface area contributed by atoms with Crippen molar-refractivity contribution in [2.75, 3.05) is 19.7 Å². The standard InChI is InChI=1S/C21H42N2O/c1-2-3-4-5-6-7-8-9-10-11-12-15-20(16-13-14-19-24)21-22-17-18-23-21/h20,24H,2-19H2,1H3,(H,22,23). The number of rotatable bonds is 17. The topological polar surface area (TPSA) is 44.6 Å². The van der Waals surface area contributed by atoms with Crippen molar-refractivity contribution in [1.29, 1.82) is 0 Å². The molecular weight excluding hydrogens is 296 g/mol. The Hall–Kier alpha value is -0.570. The normalized spacial score (nSPS) is 15.3. The number of hydrogen-bond donors (Lipinski definition) is 2. The lowest BCUT2D eigenvalue weighted by molar-refractivity contribution is 0.280. The summed E-state index contributed by atoms with van der Waals surface area (Å²) in [6, 6.07) is 0. The molecule has 1 aliphatic rings. The maximum absolute atomic E-state index is 8.98. The van der Waals surface area contributed by atoms with Crippen molar-refractivity contribution in [3.63, 3.8) is 0 Å². The number of unbranched alkanes of at least 4 members (excludes halogenated alkanes) is 11. The SMILES string of the molecule is CCCCCCCCCCCCCC(CCCCO)C1=NCCN1. The second-order valence-corrected chi connectivity index (χ2v) is 7.43. The fourth-order valence-corrected chi connectivity index (χ4v) is 3.66. The molecule has 0 aliphatic carbocycles. The van der Waals surface area contributed by atoms with Gasteiger partial charge in [-0.1, -0.05) is 84.0 Å². The number of nitrogens with one attached hydrogen (secondary N) is 1. The second kappa shape index (κ2) is 15.9. The van der Waals surface area contributed by atoms with Crippen molar-refractivity contribution in [2.24, 2.45) is 10.9 Å². The lowest BCUT2D eigenvalue weighted by Crippen LogP contribution is -2.27. The molecule has 0 aromatic rings. The van der Waals surface area contributed by atoms with E-state index in [9.17, 15) is 0 Å². The molecule has 0 saturated carbocycles. The molecule has 142 valence electrons. The maximum atomic E-state index is 8.98. The van der Waals surface area contributed by atoms with Gasteiger partial charge >= 0.3 is 0 Å². The smallest absolute Gasteiger partial charge is 0.0995 e. The minimum Gasteiger partial charge on any atom is -0.396 e. The Bertz CT molecular complexity index is 304. The largest absolute Gasteiger partial charge is 0.396 e. The zero-order valence-corrected chi connectivity index (χ0v) is 16.2. The highest BCUT2D eigenvalue weighted by Crippen LogP contribution is 2.20. The third kappa shape index (κ3) is 11.1. The summed E-state index contributed by atoms with van der Waals surface area (Å²) in [7, 11) is 0. The summed E-state index contributed by atoms with van der Waals surface area (Å²) in [6.45, 7) is 4.58. The summed E-state index contributed by atoms with van der Waals surface area (Å²) in [5, 5.41) is 12.4. The van der Waals surface area contributed by atoms with Crippen LogP contribution in [0.4, 0.5) is 0 Å². The van der Waals surface area contributed by atoms with Crippen LogP contribution in [-0.2, 0) is 0 Å². The van der Waals surface area contributed by atoms with Crippen molar-refractivity contribution in [1.82, 2.24) is 5.32 Å². The van der Waals surface area contributed by atoms with Crippen LogP contribution < -0.4 is 5.32 Å². The van der Waals surface area contributed by atoms with E-state index in [1.807, 2.05) is 0 Å². The molecule has 1 atom stereocenters. The maximum Gasteiger partial charge on any atom is 0.0995 e. The highest BCUT2D eigenvalue weighted by molar-refractivity contribution is 5.85. The monoisotopic (exact) mass is 338 g/mol. The van der Waals surface area contributed by atoms with E-state index in [1.54, 1.807) is 0 Å². The predicted octanol–water partition coefficient (Wildman–Crippen LogP) is 5.47. The molecule has 0 aromatic heterocycles. The first-order valence-corrected chi connectivity index (χ1v) is 10.8. The zero-order chi connectivity index (χ0) is 17.3. The van der Waals surface area contributed by atoms with E-state index in [0.717, 1.165) is 25.9 Å². The number of aliphatic hydroxyl groups excluding tert-OH is 1. The third-order valence-electron chi connectivity index (χ3n) is 5.20. The molecule has 1 aliphatic heterocycles. The minimum absolute atomic E-state index is 0.324. The Morgan fingerprint density at radius 2 is 1.38 bits per heavy atom. The Kier molecular flexibility index (Phi) is 14.3. The zero-order valence-electron chi connectivity index (χ0n) is 16.2. The van der Waals surface area contributed by atoms with Crippen LogP contribution in [0.25, 0.3) is 0 Å². The van der Waals surface area contributed by atoms with Crippen LogP contribution in [0.1, 0.15) is 103 Å². The molecule has 1 rings (SSSR count). The van der Waals surface area contributed by atoms with E-state index in [1.165, 1.54) is 89.3 Å². The Labute approximate surface area is 150 Å². The van der Waals surface area contributed by atoms with Gasteiger partial charge in [-0.15, -0.1) is 0 Å². The van der Waals surface area contributed by atoms with Crippen molar-refractivity contribution < 1.29 is 5.11 Å². The van der Waals surface area contributed by atoms with Crippen LogP contribution in [0.3, 0.4) is 0 Å². The quantitative estimate of drug-likeness (QED) is 0.345. The molecule has 0 fully saturated rings. The van der Waals surface area contributed by atoms with Gasteiger partial charge in [-0.05, 0) is 19.3 Å². The molecular formula is C21H42N2O. The first-order valence-electron chi connectivity index (χ1n) is 10.8. The van der Waals surface area contributed by atoms with Gasteiger partial charge in [0.25, 0.3) is 0 Å². The van der Waals surface area contributed by atoms with Crippen molar-refractivity contribution in [3.8, 4) is 0 Å². The van der Waals surface area contributed by atoms with Gasteiger partial charge in [-0.25, -0.2) is 0 Å². The van der Waals surface area contributed by atoms with E-state index in [2.05, 4.69) is 17.2 Å². The molecule has 3 nitrogen and oxygen atoms in total. The van der Waals surface area contributed by atoms with Gasteiger partial charge in [-0.3, -0.25) is 4.99 Å². The molecule has 2 N–H and O–H groups in total. The van der Waals surface area contributed by atoms with Crippen molar-refractivity contribution in [3.05, 3.63) is 0 Å². The highest BCUT2D eigenvalue weighted by Gasteiger charge is 2.17. The Morgan fingerprint density at radius 3 is 1.88 bits per heavy atom. The molecule has 0 radical (unpaired) electrons. The second-order valence-electron chi connectivity index (χ2n) is 7.43. The number of aliphatic imine (C=N–C) groups is 1. The van der Waals surface area contributed by atoms with Gasteiger partial charge in [0.2, 0.25) is 0 Å². The van der Waals surface area contributed by atoms with E-state index >= 15 is 0 Å². The van der Waals surface area contributed by atoms with Gasteiger partial charge < -0.3 is 10.4 Å². The summed E-state index contributed by atoms with van der Waals surface area (Å²) in [4.78, 5) is 4.63. The summed E-state index contributed by atoms with van der Waals surface area (Å²) < 4.78 is 0. The fourth-order valence-electron chi connectivity index (χ4n) is 3.66. The van der Waals surface area contributed by atoms with Crippen LogP contribution in [0.5, 0.6) is 0 Å². The van der Waals surface area contributed by atoms with E-state index in [4.69, 9.17) is 5.11 Å². The summed E-state index contributed by atoms with van der Waals surface area (Å²) in [5.41, 5.74) is 0. The van der Waals surface area contributed by atoms with Crippen LogP contribution in [0, 0.1) is 5.92 Å². The van der Waals surface area contributed by atoms with Gasteiger partial charge in [0.15, 0.2) is 0 Å². The number of amidine groups is 1. The van der Waals surface area contributed by atoms with E-state index in [0.29, 0.717) is 12.5 Å². The molecule has 24 heavy (non-hydrogen) atoms. The van der Waals surface area contributed by atoms with E-state index in [-0.39, 0.29) is 0 Å². The van der Waals surface area contributed by atoms with Crippen LogP contribution >= 0.6 is 0 Å². The lowest BCUT2D eigenvalue weighted by Gasteiger charge is -2.17. The third-order valence-corrected chi connectivity index (χ3v) is 5.20. The van der Waals surface area contributed by atoms with Gasteiger partial charge in [0.1, 0.15) is 0 Å². The van der Waals surface area contributed by atoms with Crippen molar-refractivity contribution >= 4 is 5.84 Å². The first kappa shape index (κ1) is 21.5. The van der Waals surface area contributed by atoms with Crippen LogP contribution in [0.2, 0.25) is 0 Å². The number of aliphatic hydroxyl groups is 1. The molecule has 0 amide bonds. The molecule has 1 heterocycles. The van der Waals surface area contributed by atoms with Crippen molar-refractivity contribution in [2.45, 2.75) is 103 Å². The number of nitrogens with zero attached hydrogens (tertiary/aromatic N) is 1. The molecule has 0 bridgehead atoms. The average molecular weight is 339 g/mol. The van der Waals surface area contributed by atoms with Gasteiger partial charge in [-0.2, -0.15) is 0 Å². The van der Waals surface area contributed by atoms with Crippen LogP contribution in [0.15, 0.2) is 4.99 Å². The van der Waals surface area contributed by atoms with Crippen LogP contribution in [-0.4, -0.2) is 30.6 Å². The average Bonchev–Trinajstić information content (AvgIpc) is 3.12. The summed E-state index contributed by atoms with van der Waals surface area (Å²) in [5.74, 6) is 1.86. The fraction of sp³-hybridized carbons (Fsp3) is 0.952. The highest BCUT2D eigenvalue weighted by atomic mass is 16.2. The molecule has 0 saturated heterocycles. The lowest BCUT2D eigenvalue weighted by atomic mass is 9.93. The molecule has 3 heteroatoms. The molecule has 0 spiro atoms. The molecule has 0 aromatic carbocycles. The minimum atomic E-state index is 0.324.